The van der Waals surface area contributed by atoms with Gasteiger partial charge in [0.2, 0.25) is 0 Å². The molecule has 1 N–H and O–H groups in total. The van der Waals surface area contributed by atoms with E-state index in [4.69, 9.17) is 0 Å². The van der Waals surface area contributed by atoms with Gasteiger partial charge in [0, 0.05) is 16.8 Å². The number of thioether (sulfide) groups is 1. The van der Waals surface area contributed by atoms with E-state index in [1.807, 2.05) is 11.8 Å². The van der Waals surface area contributed by atoms with E-state index in [2.05, 4.69) is 38.1 Å². The van der Waals surface area contributed by atoms with Crippen molar-refractivity contribution in [2.24, 2.45) is 11.8 Å². The molecule has 2 atom stereocenters. The molecule has 1 nitrogen and oxygen atoms in total. The first-order chi connectivity index (χ1) is 9.20. The Kier molecular flexibility index (Phi) is 5.77. The molecular weight excluding hydrogens is 252 g/mol. The first-order valence-electron chi connectivity index (χ1n) is 7.56. The summed E-state index contributed by atoms with van der Waals surface area (Å²) in [6.07, 6.45) is 6.21. The minimum atomic E-state index is 0.351. The molecule has 19 heavy (non-hydrogen) atoms. The molecule has 0 amide bonds. The van der Waals surface area contributed by atoms with E-state index in [0.29, 0.717) is 23.7 Å². The largest absolute Gasteiger partial charge is 0.396 e. The average molecular weight is 278 g/mol. The summed E-state index contributed by atoms with van der Waals surface area (Å²) in [5, 5.41) is 10.1. The molecule has 1 saturated carbocycles. The van der Waals surface area contributed by atoms with E-state index >= 15 is 0 Å². The van der Waals surface area contributed by atoms with Crippen LogP contribution in [0.2, 0.25) is 0 Å². The Morgan fingerprint density at radius 3 is 2.68 bits per heavy atom. The summed E-state index contributed by atoms with van der Waals surface area (Å²) < 4.78 is 0. The van der Waals surface area contributed by atoms with E-state index in [9.17, 15) is 5.11 Å². The third kappa shape index (κ3) is 4.25. The molecule has 0 bridgehead atoms. The van der Waals surface area contributed by atoms with Gasteiger partial charge in [-0.1, -0.05) is 44.9 Å². The van der Waals surface area contributed by atoms with E-state index in [1.54, 1.807) is 0 Å². The molecule has 0 heterocycles. The highest BCUT2D eigenvalue weighted by Crippen LogP contribution is 2.38. The molecule has 1 aromatic carbocycles. The van der Waals surface area contributed by atoms with Crippen LogP contribution >= 0.6 is 11.8 Å². The fourth-order valence-electron chi connectivity index (χ4n) is 2.93. The Morgan fingerprint density at radius 1 is 1.21 bits per heavy atom. The van der Waals surface area contributed by atoms with Crippen molar-refractivity contribution >= 4 is 11.8 Å². The van der Waals surface area contributed by atoms with Gasteiger partial charge in [0.25, 0.3) is 0 Å². The number of rotatable bonds is 5. The van der Waals surface area contributed by atoms with Gasteiger partial charge < -0.3 is 5.11 Å². The van der Waals surface area contributed by atoms with Gasteiger partial charge in [-0.15, -0.1) is 11.8 Å². The molecule has 0 radical (unpaired) electrons. The third-order valence-corrected chi connectivity index (χ3v) is 5.53. The summed E-state index contributed by atoms with van der Waals surface area (Å²) in [5.74, 6) is 1.19. The van der Waals surface area contributed by atoms with Crippen LogP contribution in [0.25, 0.3) is 0 Å². The lowest BCUT2D eigenvalue weighted by Gasteiger charge is -2.30. The Balaban J connectivity index is 2.08. The van der Waals surface area contributed by atoms with Gasteiger partial charge in [0.05, 0.1) is 0 Å². The lowest BCUT2D eigenvalue weighted by atomic mass is 9.89. The summed E-state index contributed by atoms with van der Waals surface area (Å²) in [6, 6.07) is 8.81. The second kappa shape index (κ2) is 7.35. The second-order valence-corrected chi connectivity index (χ2v) is 7.37. The monoisotopic (exact) mass is 278 g/mol. The van der Waals surface area contributed by atoms with Crippen molar-refractivity contribution < 1.29 is 5.11 Å². The first kappa shape index (κ1) is 14.9. The van der Waals surface area contributed by atoms with Crippen LogP contribution in [0.15, 0.2) is 29.2 Å². The second-order valence-electron chi connectivity index (χ2n) is 6.09. The third-order valence-electron chi connectivity index (χ3n) is 3.95. The van der Waals surface area contributed by atoms with Crippen molar-refractivity contribution in [3.05, 3.63) is 29.8 Å². The minimum Gasteiger partial charge on any atom is -0.396 e. The number of aliphatic hydroxyl groups is 1. The standard InChI is InChI=1S/C17H26OS/c1-13(2)11-14-7-3-5-9-16(14)19-17-10-6-4-8-15(17)12-18/h3,5,7,9,13,15,17-18H,4,6,8,10-12H2,1-2H3/t15?,17-/m0/s1. The van der Waals surface area contributed by atoms with Crippen LogP contribution in [0.1, 0.15) is 45.1 Å². The lowest BCUT2D eigenvalue weighted by molar-refractivity contribution is 0.195. The van der Waals surface area contributed by atoms with Gasteiger partial charge in [0.1, 0.15) is 0 Å². The molecule has 1 aliphatic carbocycles. The van der Waals surface area contributed by atoms with Gasteiger partial charge in [-0.2, -0.15) is 0 Å². The van der Waals surface area contributed by atoms with Crippen molar-refractivity contribution in [1.82, 2.24) is 0 Å². The fourth-order valence-corrected chi connectivity index (χ4v) is 4.41. The van der Waals surface area contributed by atoms with Crippen LogP contribution in [0.4, 0.5) is 0 Å². The van der Waals surface area contributed by atoms with Gasteiger partial charge in [0.15, 0.2) is 0 Å². The smallest absolute Gasteiger partial charge is 0.0469 e. The zero-order valence-corrected chi connectivity index (χ0v) is 13.0. The van der Waals surface area contributed by atoms with Crippen LogP contribution in [-0.2, 0) is 6.42 Å². The number of aliphatic hydroxyl groups excluding tert-OH is 1. The van der Waals surface area contributed by atoms with Crippen molar-refractivity contribution in [1.29, 1.82) is 0 Å². The van der Waals surface area contributed by atoms with Crippen molar-refractivity contribution in [3.63, 3.8) is 0 Å². The predicted octanol–water partition coefficient (Wildman–Crippen LogP) is 4.53. The molecule has 1 unspecified atom stereocenters. The fraction of sp³-hybridized carbons (Fsp3) is 0.647. The lowest BCUT2D eigenvalue weighted by Crippen LogP contribution is -2.25. The van der Waals surface area contributed by atoms with Gasteiger partial charge in [-0.25, -0.2) is 0 Å². The highest BCUT2D eigenvalue weighted by Gasteiger charge is 2.25. The quantitative estimate of drug-likeness (QED) is 0.854. The normalized spacial score (nSPS) is 23.8. The maximum atomic E-state index is 9.54. The van der Waals surface area contributed by atoms with Crippen molar-refractivity contribution in [2.45, 2.75) is 56.1 Å². The topological polar surface area (TPSA) is 20.2 Å². The highest BCUT2D eigenvalue weighted by atomic mass is 32.2. The van der Waals surface area contributed by atoms with Gasteiger partial charge in [-0.3, -0.25) is 0 Å². The summed E-state index contributed by atoms with van der Waals surface area (Å²) in [5.41, 5.74) is 1.48. The van der Waals surface area contributed by atoms with Crippen LogP contribution in [0.3, 0.4) is 0 Å². The molecule has 0 aromatic heterocycles. The van der Waals surface area contributed by atoms with E-state index in [0.717, 1.165) is 6.42 Å². The van der Waals surface area contributed by atoms with Crippen LogP contribution < -0.4 is 0 Å². The Morgan fingerprint density at radius 2 is 1.95 bits per heavy atom. The van der Waals surface area contributed by atoms with Crippen molar-refractivity contribution in [3.8, 4) is 0 Å². The Bertz CT molecular complexity index is 389. The summed E-state index contributed by atoms with van der Waals surface area (Å²) in [4.78, 5) is 1.43. The zero-order valence-electron chi connectivity index (χ0n) is 12.1. The molecule has 0 aliphatic heterocycles. The van der Waals surface area contributed by atoms with E-state index in [1.165, 1.54) is 36.1 Å². The molecule has 1 aliphatic rings. The SMILES string of the molecule is CC(C)Cc1ccccc1S[C@H]1CCCCC1CO. The molecule has 106 valence electrons. The number of hydrogen-bond donors (Lipinski definition) is 1. The van der Waals surface area contributed by atoms with Gasteiger partial charge in [-0.05, 0) is 42.7 Å². The van der Waals surface area contributed by atoms with E-state index in [-0.39, 0.29) is 0 Å². The Hall–Kier alpha value is -0.470. The highest BCUT2D eigenvalue weighted by molar-refractivity contribution is 8.00. The maximum Gasteiger partial charge on any atom is 0.0469 e. The summed E-state index contributed by atoms with van der Waals surface area (Å²) in [6.45, 7) is 4.90. The van der Waals surface area contributed by atoms with Crippen LogP contribution in [0.5, 0.6) is 0 Å². The molecule has 1 fully saturated rings. The predicted molar refractivity (Wildman–Crippen MR) is 83.7 cm³/mol. The molecule has 0 spiro atoms. The molecule has 2 heteroatoms. The Labute approximate surface area is 121 Å². The first-order valence-corrected chi connectivity index (χ1v) is 8.44. The van der Waals surface area contributed by atoms with Crippen molar-refractivity contribution in [2.75, 3.05) is 6.61 Å². The molecule has 1 aromatic rings. The minimum absolute atomic E-state index is 0.351. The number of hydrogen-bond acceptors (Lipinski definition) is 2. The summed E-state index contributed by atoms with van der Waals surface area (Å²) in [7, 11) is 0. The molecule has 0 saturated heterocycles. The average Bonchev–Trinajstić information content (AvgIpc) is 2.41. The molecular formula is C17H26OS. The zero-order chi connectivity index (χ0) is 13.7. The maximum absolute atomic E-state index is 9.54. The van der Waals surface area contributed by atoms with Gasteiger partial charge >= 0.3 is 0 Å². The number of benzene rings is 1. The van der Waals surface area contributed by atoms with Crippen LogP contribution in [-0.4, -0.2) is 17.0 Å². The molecule has 2 rings (SSSR count). The van der Waals surface area contributed by atoms with E-state index < -0.39 is 0 Å². The van der Waals surface area contributed by atoms with Crippen LogP contribution in [0, 0.1) is 11.8 Å². The summed E-state index contributed by atoms with van der Waals surface area (Å²) >= 11 is 2.01.